The molecule has 1 aromatic heterocycles. The number of nitrogens with one attached hydrogen (secondary N) is 1. The summed E-state index contributed by atoms with van der Waals surface area (Å²) in [5, 5.41) is 0. The zero-order valence-electron chi connectivity index (χ0n) is 12.0. The van der Waals surface area contributed by atoms with Gasteiger partial charge in [0, 0.05) is 0 Å². The van der Waals surface area contributed by atoms with Crippen LogP contribution < -0.4 is 20.7 Å². The standard InChI is InChI=1S/C12H23N5O2/c1-8(2)6-5-7-18-11-14-10(17-13)15-12(16-11)19-9(3)4/h8-9H,5-7,13H2,1-4H3,(H,14,15,16,17). The Kier molecular flexibility index (Phi) is 6.27. The minimum absolute atomic E-state index is 0.0261. The second kappa shape index (κ2) is 7.73. The maximum absolute atomic E-state index is 5.48. The Morgan fingerprint density at radius 1 is 1.11 bits per heavy atom. The Bertz CT molecular complexity index is 384. The minimum Gasteiger partial charge on any atom is -0.463 e. The van der Waals surface area contributed by atoms with Gasteiger partial charge in [-0.1, -0.05) is 13.8 Å². The highest BCUT2D eigenvalue weighted by Gasteiger charge is 2.09. The minimum atomic E-state index is -0.0261. The lowest BCUT2D eigenvalue weighted by atomic mass is 10.1. The van der Waals surface area contributed by atoms with Crippen LogP contribution in [0.15, 0.2) is 0 Å². The zero-order chi connectivity index (χ0) is 14.3. The number of hydrogen-bond donors (Lipinski definition) is 2. The van der Waals surface area contributed by atoms with Gasteiger partial charge in [-0.15, -0.1) is 4.98 Å². The van der Waals surface area contributed by atoms with Crippen LogP contribution in [-0.2, 0) is 0 Å². The molecule has 108 valence electrons. The summed E-state index contributed by atoms with van der Waals surface area (Å²) in [6.45, 7) is 8.69. The van der Waals surface area contributed by atoms with Gasteiger partial charge in [-0.2, -0.15) is 9.97 Å². The maximum Gasteiger partial charge on any atom is 0.324 e. The van der Waals surface area contributed by atoms with Crippen molar-refractivity contribution in [3.63, 3.8) is 0 Å². The molecule has 0 atom stereocenters. The average molecular weight is 269 g/mol. The molecule has 0 spiro atoms. The summed E-state index contributed by atoms with van der Waals surface area (Å²) in [6.07, 6.45) is 2.03. The number of hydrazine groups is 1. The summed E-state index contributed by atoms with van der Waals surface area (Å²) in [7, 11) is 0. The van der Waals surface area contributed by atoms with E-state index in [2.05, 4.69) is 34.2 Å². The highest BCUT2D eigenvalue weighted by molar-refractivity contribution is 5.25. The first-order chi connectivity index (χ1) is 9.01. The molecule has 0 bridgehead atoms. The number of ether oxygens (including phenoxy) is 2. The lowest BCUT2D eigenvalue weighted by Gasteiger charge is -2.11. The molecular weight excluding hydrogens is 246 g/mol. The van der Waals surface area contributed by atoms with E-state index >= 15 is 0 Å². The SMILES string of the molecule is CC(C)CCCOc1nc(NN)nc(OC(C)C)n1. The lowest BCUT2D eigenvalue weighted by Crippen LogP contribution is -2.15. The summed E-state index contributed by atoms with van der Waals surface area (Å²) in [5.41, 5.74) is 2.37. The third kappa shape index (κ3) is 6.19. The van der Waals surface area contributed by atoms with Gasteiger partial charge < -0.3 is 9.47 Å². The van der Waals surface area contributed by atoms with E-state index in [1.54, 1.807) is 0 Å². The molecule has 0 aromatic carbocycles. The molecule has 19 heavy (non-hydrogen) atoms. The van der Waals surface area contributed by atoms with Crippen LogP contribution in [0.4, 0.5) is 5.95 Å². The fourth-order valence-electron chi connectivity index (χ4n) is 1.39. The van der Waals surface area contributed by atoms with Crippen LogP contribution in [0.1, 0.15) is 40.5 Å². The van der Waals surface area contributed by atoms with Crippen LogP contribution in [-0.4, -0.2) is 27.7 Å². The number of aromatic nitrogens is 3. The first-order valence-corrected chi connectivity index (χ1v) is 6.53. The van der Waals surface area contributed by atoms with E-state index in [1.807, 2.05) is 13.8 Å². The van der Waals surface area contributed by atoms with Gasteiger partial charge in [-0.25, -0.2) is 5.84 Å². The first-order valence-electron chi connectivity index (χ1n) is 6.53. The molecule has 0 aliphatic carbocycles. The molecule has 1 rings (SSSR count). The van der Waals surface area contributed by atoms with Crippen molar-refractivity contribution in [3.8, 4) is 12.0 Å². The predicted molar refractivity (Wildman–Crippen MR) is 73.0 cm³/mol. The Hall–Kier alpha value is -1.63. The van der Waals surface area contributed by atoms with Crippen LogP contribution in [0, 0.1) is 5.92 Å². The summed E-state index contributed by atoms with van der Waals surface area (Å²) in [4.78, 5) is 12.1. The van der Waals surface area contributed by atoms with E-state index in [-0.39, 0.29) is 24.1 Å². The number of nitrogen functional groups attached to an aromatic ring is 1. The highest BCUT2D eigenvalue weighted by Crippen LogP contribution is 2.14. The first kappa shape index (κ1) is 15.4. The molecule has 0 fully saturated rings. The van der Waals surface area contributed by atoms with Crippen molar-refractivity contribution in [1.82, 2.24) is 15.0 Å². The molecule has 3 N–H and O–H groups in total. The normalized spacial score (nSPS) is 10.9. The molecule has 0 aliphatic heterocycles. The molecule has 0 amide bonds. The fraction of sp³-hybridized carbons (Fsp3) is 0.750. The number of anilines is 1. The Labute approximate surface area is 113 Å². The van der Waals surface area contributed by atoms with E-state index < -0.39 is 0 Å². The van der Waals surface area contributed by atoms with Gasteiger partial charge in [0.25, 0.3) is 0 Å². The molecule has 0 aliphatic rings. The molecule has 7 heteroatoms. The van der Waals surface area contributed by atoms with E-state index in [9.17, 15) is 0 Å². The van der Waals surface area contributed by atoms with Crippen molar-refractivity contribution >= 4 is 5.95 Å². The number of nitrogens with two attached hydrogens (primary N) is 1. The maximum atomic E-state index is 5.48. The second-order valence-electron chi connectivity index (χ2n) is 4.92. The number of nitrogens with zero attached hydrogens (tertiary/aromatic N) is 3. The van der Waals surface area contributed by atoms with Gasteiger partial charge in [0.2, 0.25) is 5.95 Å². The van der Waals surface area contributed by atoms with Crippen LogP contribution in [0.3, 0.4) is 0 Å². The van der Waals surface area contributed by atoms with Crippen LogP contribution >= 0.6 is 0 Å². The largest absolute Gasteiger partial charge is 0.463 e. The summed E-state index contributed by atoms with van der Waals surface area (Å²) < 4.78 is 10.9. The molecule has 1 aromatic rings. The summed E-state index contributed by atoms with van der Waals surface area (Å²) in [5.74, 6) is 6.18. The van der Waals surface area contributed by atoms with Crippen molar-refractivity contribution in [1.29, 1.82) is 0 Å². The van der Waals surface area contributed by atoms with Crippen molar-refractivity contribution in [2.75, 3.05) is 12.0 Å². The lowest BCUT2D eigenvalue weighted by molar-refractivity contribution is 0.212. The number of hydrogen-bond acceptors (Lipinski definition) is 7. The molecule has 7 nitrogen and oxygen atoms in total. The van der Waals surface area contributed by atoms with Crippen LogP contribution in [0.2, 0.25) is 0 Å². The molecule has 0 radical (unpaired) electrons. The smallest absolute Gasteiger partial charge is 0.324 e. The fourth-order valence-corrected chi connectivity index (χ4v) is 1.39. The van der Waals surface area contributed by atoms with E-state index in [0.717, 1.165) is 12.8 Å². The van der Waals surface area contributed by atoms with Gasteiger partial charge >= 0.3 is 12.0 Å². The number of rotatable bonds is 8. The molecular formula is C12H23N5O2. The van der Waals surface area contributed by atoms with E-state index in [0.29, 0.717) is 12.5 Å². The zero-order valence-corrected chi connectivity index (χ0v) is 12.0. The monoisotopic (exact) mass is 269 g/mol. The van der Waals surface area contributed by atoms with Crippen molar-refractivity contribution in [2.45, 2.75) is 46.6 Å². The Morgan fingerprint density at radius 2 is 1.79 bits per heavy atom. The van der Waals surface area contributed by atoms with E-state index in [1.165, 1.54) is 0 Å². The van der Waals surface area contributed by atoms with E-state index in [4.69, 9.17) is 15.3 Å². The molecule has 1 heterocycles. The van der Waals surface area contributed by atoms with Crippen LogP contribution in [0.5, 0.6) is 12.0 Å². The quantitative estimate of drug-likeness (QED) is 0.422. The van der Waals surface area contributed by atoms with Crippen molar-refractivity contribution in [2.24, 2.45) is 11.8 Å². The Balaban J connectivity index is 2.60. The van der Waals surface area contributed by atoms with Crippen molar-refractivity contribution < 1.29 is 9.47 Å². The summed E-state index contributed by atoms with van der Waals surface area (Å²) >= 11 is 0. The van der Waals surface area contributed by atoms with Crippen molar-refractivity contribution in [3.05, 3.63) is 0 Å². The molecule has 0 unspecified atom stereocenters. The van der Waals surface area contributed by atoms with Gasteiger partial charge in [0.05, 0.1) is 12.7 Å². The third-order valence-corrected chi connectivity index (χ3v) is 2.22. The topological polar surface area (TPSA) is 95.2 Å². The summed E-state index contributed by atoms with van der Waals surface area (Å²) in [6, 6.07) is 0.430. The third-order valence-electron chi connectivity index (χ3n) is 2.22. The van der Waals surface area contributed by atoms with Gasteiger partial charge in [0.1, 0.15) is 0 Å². The Morgan fingerprint density at radius 3 is 2.37 bits per heavy atom. The molecule has 0 saturated carbocycles. The van der Waals surface area contributed by atoms with Gasteiger partial charge in [-0.3, -0.25) is 5.43 Å². The van der Waals surface area contributed by atoms with Gasteiger partial charge in [-0.05, 0) is 32.6 Å². The predicted octanol–water partition coefficient (Wildman–Crippen LogP) is 1.76. The molecule has 0 saturated heterocycles. The van der Waals surface area contributed by atoms with Crippen LogP contribution in [0.25, 0.3) is 0 Å². The average Bonchev–Trinajstić information content (AvgIpc) is 2.33. The van der Waals surface area contributed by atoms with Gasteiger partial charge in [0.15, 0.2) is 0 Å². The highest BCUT2D eigenvalue weighted by atomic mass is 16.5. The second-order valence-corrected chi connectivity index (χ2v) is 4.92.